The van der Waals surface area contributed by atoms with Crippen LogP contribution in [0.4, 0.5) is 10.7 Å². The normalized spacial score (nSPS) is 21.3. The maximum atomic E-state index is 10.9. The van der Waals surface area contributed by atoms with Crippen LogP contribution < -0.4 is 4.90 Å². The lowest BCUT2D eigenvalue weighted by Gasteiger charge is -2.33. The van der Waals surface area contributed by atoms with Crippen LogP contribution in [-0.2, 0) is 4.74 Å². The summed E-state index contributed by atoms with van der Waals surface area (Å²) in [6, 6.07) is 0. The quantitative estimate of drug-likeness (QED) is 0.846. The Kier molecular flexibility index (Phi) is 4.92. The fraction of sp³-hybridized carbons (Fsp3) is 0.667. The summed E-state index contributed by atoms with van der Waals surface area (Å²) >= 11 is 0. The fourth-order valence-electron chi connectivity index (χ4n) is 3.05. The molecule has 3 heterocycles. The summed E-state index contributed by atoms with van der Waals surface area (Å²) in [7, 11) is 0. The van der Waals surface area contributed by atoms with Gasteiger partial charge in [-0.3, -0.25) is 0 Å². The number of aromatic nitrogens is 2. The maximum absolute atomic E-state index is 10.9. The van der Waals surface area contributed by atoms with Crippen molar-refractivity contribution in [2.45, 2.75) is 18.9 Å². The van der Waals surface area contributed by atoms with Crippen LogP contribution in [0.3, 0.4) is 0 Å². The Morgan fingerprint density at radius 3 is 2.35 bits per heavy atom. The highest BCUT2D eigenvalue weighted by atomic mass is 16.5. The van der Waals surface area contributed by atoms with Crippen molar-refractivity contribution in [1.82, 2.24) is 14.9 Å². The summed E-state index contributed by atoms with van der Waals surface area (Å²) in [6.07, 6.45) is 3.59. The van der Waals surface area contributed by atoms with Gasteiger partial charge in [0.25, 0.3) is 0 Å². The number of rotatable bonds is 3. The van der Waals surface area contributed by atoms with Gasteiger partial charge in [-0.2, -0.15) is 0 Å². The number of hydrogen-bond acceptors (Lipinski definition) is 6. The molecule has 2 fully saturated rings. The Balaban J connectivity index is 1.60. The van der Waals surface area contributed by atoms with Gasteiger partial charge in [-0.05, 0) is 18.8 Å². The van der Waals surface area contributed by atoms with E-state index in [4.69, 9.17) is 9.84 Å². The average Bonchev–Trinajstić information content (AvgIpc) is 2.62. The number of nitrogens with zero attached hydrogens (tertiary/aromatic N) is 4. The minimum atomic E-state index is -0.888. The summed E-state index contributed by atoms with van der Waals surface area (Å²) in [5, 5.41) is 19.4. The molecular formula is C15H22N4O4. The number of carbonyl (C=O) groups is 1. The van der Waals surface area contributed by atoms with Gasteiger partial charge in [0.2, 0.25) is 5.95 Å². The molecule has 1 amide bonds. The summed E-state index contributed by atoms with van der Waals surface area (Å²) in [6.45, 7) is 3.43. The van der Waals surface area contributed by atoms with Gasteiger partial charge in [-0.15, -0.1) is 0 Å². The molecule has 0 aliphatic carbocycles. The van der Waals surface area contributed by atoms with Crippen LogP contribution in [0.15, 0.2) is 12.4 Å². The van der Waals surface area contributed by atoms with Gasteiger partial charge in [0.1, 0.15) is 0 Å². The van der Waals surface area contributed by atoms with Crippen molar-refractivity contribution >= 4 is 12.0 Å². The van der Waals surface area contributed by atoms with Crippen molar-refractivity contribution in [2.24, 2.45) is 5.92 Å². The van der Waals surface area contributed by atoms with Crippen LogP contribution in [0.2, 0.25) is 0 Å². The second-order valence-electron chi connectivity index (χ2n) is 5.97. The van der Waals surface area contributed by atoms with Crippen LogP contribution in [-0.4, -0.2) is 70.6 Å². The monoisotopic (exact) mass is 322 g/mol. The first-order chi connectivity index (χ1) is 11.1. The van der Waals surface area contributed by atoms with Crippen LogP contribution in [0.1, 0.15) is 24.5 Å². The van der Waals surface area contributed by atoms with E-state index in [0.29, 0.717) is 45.3 Å². The second-order valence-corrected chi connectivity index (χ2v) is 5.97. The van der Waals surface area contributed by atoms with E-state index in [1.807, 2.05) is 4.90 Å². The molecule has 2 aliphatic rings. The van der Waals surface area contributed by atoms with Gasteiger partial charge in [-0.1, -0.05) is 0 Å². The third-order valence-corrected chi connectivity index (χ3v) is 4.55. The molecule has 2 saturated heterocycles. The maximum Gasteiger partial charge on any atom is 0.407 e. The number of anilines is 1. The molecule has 23 heavy (non-hydrogen) atoms. The van der Waals surface area contributed by atoms with E-state index in [1.165, 1.54) is 4.90 Å². The molecule has 0 bridgehead atoms. The Labute approximate surface area is 134 Å². The molecule has 0 radical (unpaired) electrons. The van der Waals surface area contributed by atoms with E-state index in [1.54, 1.807) is 12.4 Å². The lowest BCUT2D eigenvalue weighted by atomic mass is 9.91. The molecule has 0 aromatic carbocycles. The molecule has 8 heteroatoms. The van der Waals surface area contributed by atoms with Crippen molar-refractivity contribution in [3.63, 3.8) is 0 Å². The summed E-state index contributed by atoms with van der Waals surface area (Å²) < 4.78 is 5.31. The molecule has 1 atom stereocenters. The third kappa shape index (κ3) is 3.70. The van der Waals surface area contributed by atoms with Crippen molar-refractivity contribution in [1.29, 1.82) is 0 Å². The van der Waals surface area contributed by atoms with Crippen molar-refractivity contribution in [2.75, 3.05) is 44.3 Å². The summed E-state index contributed by atoms with van der Waals surface area (Å²) in [5.41, 5.74) is 0.727. The Hall–Kier alpha value is -1.93. The first kappa shape index (κ1) is 15.9. The number of amides is 1. The number of hydrogen-bond donors (Lipinski definition) is 2. The number of aliphatic hydroxyl groups is 1. The third-order valence-electron chi connectivity index (χ3n) is 4.55. The largest absolute Gasteiger partial charge is 0.465 e. The van der Waals surface area contributed by atoms with E-state index < -0.39 is 12.2 Å². The van der Waals surface area contributed by atoms with Gasteiger partial charge < -0.3 is 24.7 Å². The molecule has 2 N–H and O–H groups in total. The smallest absolute Gasteiger partial charge is 0.407 e. The minimum absolute atomic E-state index is 0.192. The van der Waals surface area contributed by atoms with Crippen LogP contribution in [0.5, 0.6) is 0 Å². The molecular weight excluding hydrogens is 300 g/mol. The second kappa shape index (κ2) is 7.10. The highest BCUT2D eigenvalue weighted by molar-refractivity contribution is 5.65. The Morgan fingerprint density at radius 1 is 1.17 bits per heavy atom. The standard InChI is InChI=1S/C15H22N4O4/c20-13(11-1-7-23-8-2-11)12-9-16-14(17-10-12)18-3-5-19(6-4-18)15(21)22/h9-11,13,20H,1-8H2,(H,21,22)/t13-/m0/s1. The molecule has 1 aromatic rings. The van der Waals surface area contributed by atoms with E-state index in [9.17, 15) is 9.90 Å². The molecule has 2 aliphatic heterocycles. The SMILES string of the molecule is O=C(O)N1CCN(c2ncc([C@@H](O)C3CCOCC3)cn2)CC1. The van der Waals surface area contributed by atoms with Gasteiger partial charge in [0.15, 0.2) is 0 Å². The van der Waals surface area contributed by atoms with Gasteiger partial charge in [0, 0.05) is 57.3 Å². The number of ether oxygens (including phenoxy) is 1. The molecule has 1 aromatic heterocycles. The predicted octanol–water partition coefficient (Wildman–Crippen LogP) is 0.737. The van der Waals surface area contributed by atoms with E-state index in [0.717, 1.165) is 18.4 Å². The highest BCUT2D eigenvalue weighted by Crippen LogP contribution is 2.29. The lowest BCUT2D eigenvalue weighted by Crippen LogP contribution is -2.48. The first-order valence-corrected chi connectivity index (χ1v) is 7.95. The number of piperazine rings is 1. The highest BCUT2D eigenvalue weighted by Gasteiger charge is 2.25. The van der Waals surface area contributed by atoms with Crippen LogP contribution in [0.25, 0.3) is 0 Å². The van der Waals surface area contributed by atoms with E-state index in [-0.39, 0.29) is 5.92 Å². The number of aliphatic hydroxyl groups excluding tert-OH is 1. The van der Waals surface area contributed by atoms with Crippen LogP contribution in [0, 0.1) is 5.92 Å². The molecule has 8 nitrogen and oxygen atoms in total. The molecule has 0 saturated carbocycles. The Bertz CT molecular complexity index is 525. The molecule has 0 spiro atoms. The minimum Gasteiger partial charge on any atom is -0.465 e. The summed E-state index contributed by atoms with van der Waals surface area (Å²) in [4.78, 5) is 22.9. The zero-order valence-corrected chi connectivity index (χ0v) is 13.0. The topological polar surface area (TPSA) is 99.0 Å². The van der Waals surface area contributed by atoms with Crippen molar-refractivity contribution < 1.29 is 19.7 Å². The first-order valence-electron chi connectivity index (χ1n) is 7.95. The fourth-order valence-corrected chi connectivity index (χ4v) is 3.05. The van der Waals surface area contributed by atoms with E-state index >= 15 is 0 Å². The average molecular weight is 322 g/mol. The van der Waals surface area contributed by atoms with Crippen LogP contribution >= 0.6 is 0 Å². The van der Waals surface area contributed by atoms with Crippen molar-refractivity contribution in [3.8, 4) is 0 Å². The zero-order valence-electron chi connectivity index (χ0n) is 13.0. The van der Waals surface area contributed by atoms with Crippen molar-refractivity contribution in [3.05, 3.63) is 18.0 Å². The summed E-state index contributed by atoms with van der Waals surface area (Å²) in [5.74, 6) is 0.773. The predicted molar refractivity (Wildman–Crippen MR) is 82.3 cm³/mol. The van der Waals surface area contributed by atoms with Gasteiger partial charge >= 0.3 is 6.09 Å². The van der Waals surface area contributed by atoms with Gasteiger partial charge in [0.05, 0.1) is 6.10 Å². The molecule has 0 unspecified atom stereocenters. The molecule has 126 valence electrons. The van der Waals surface area contributed by atoms with E-state index in [2.05, 4.69) is 9.97 Å². The Morgan fingerprint density at radius 2 is 1.78 bits per heavy atom. The number of carboxylic acid groups (broad SMARTS) is 1. The lowest BCUT2D eigenvalue weighted by molar-refractivity contribution is 0.00694. The zero-order chi connectivity index (χ0) is 16.2. The molecule has 3 rings (SSSR count). The van der Waals surface area contributed by atoms with Gasteiger partial charge in [-0.25, -0.2) is 14.8 Å².